The summed E-state index contributed by atoms with van der Waals surface area (Å²) in [6.07, 6.45) is -13.4. The van der Waals surface area contributed by atoms with Crippen LogP contribution in [0.3, 0.4) is 0 Å². The Hall–Kier alpha value is -1.91. The summed E-state index contributed by atoms with van der Waals surface area (Å²) >= 11 is 0.375. The third-order valence-corrected chi connectivity index (χ3v) is 4.16. The van der Waals surface area contributed by atoms with Crippen LogP contribution < -0.4 is 0 Å². The maximum atomic E-state index is 13.7. The molecule has 0 heterocycles. The van der Waals surface area contributed by atoms with Gasteiger partial charge in [0.05, 0.1) is 12.8 Å². The summed E-state index contributed by atoms with van der Waals surface area (Å²) in [5.74, 6) is -6.04. The molecule has 0 atom stereocenters. The van der Waals surface area contributed by atoms with E-state index >= 15 is 0 Å². The second-order valence-corrected chi connectivity index (χ2v) is 6.56. The van der Waals surface area contributed by atoms with Crippen molar-refractivity contribution in [2.45, 2.75) is 35.0 Å². The molecule has 2 rings (SSSR count). The van der Waals surface area contributed by atoms with Gasteiger partial charge in [0.25, 0.3) is 0 Å². The molecule has 0 nitrogen and oxygen atoms in total. The molecule has 0 aliphatic heterocycles. The molecule has 2 aromatic carbocycles. The molecule has 0 unspecified atom stereocenters. The van der Waals surface area contributed by atoms with Gasteiger partial charge < -0.3 is 0 Å². The van der Waals surface area contributed by atoms with Crippen LogP contribution in [0.1, 0.15) is 11.1 Å². The fourth-order valence-electron chi connectivity index (χ4n) is 2.15. The molecule has 0 saturated carbocycles. The van der Waals surface area contributed by atoms with Gasteiger partial charge in [-0.15, -0.1) is 0 Å². The molecule has 0 fully saturated rings. The molecule has 0 N–H and O–H groups in total. The molecule has 0 aliphatic rings. The van der Waals surface area contributed by atoms with E-state index in [2.05, 4.69) is 0 Å². The van der Waals surface area contributed by atoms with E-state index < -0.39 is 59.6 Å². The largest absolute Gasteiger partial charge is 0.393 e. The molecule has 0 bridgehead atoms. The standard InChI is InChI=1S/C16H8F10S/c17-11-1-7(2-12(18)9(11)5-15(21,22)23)27-8-3-13(19)10(14(20)4-8)6-16(24,25)26/h1-4H,5-6H2. The summed E-state index contributed by atoms with van der Waals surface area (Å²) in [6.45, 7) is 0. The summed E-state index contributed by atoms with van der Waals surface area (Å²) in [5, 5.41) is 0. The topological polar surface area (TPSA) is 0 Å². The second kappa shape index (κ2) is 7.61. The highest BCUT2D eigenvalue weighted by Crippen LogP contribution is 2.35. The highest BCUT2D eigenvalue weighted by atomic mass is 32.2. The van der Waals surface area contributed by atoms with Crippen LogP contribution >= 0.6 is 11.8 Å². The van der Waals surface area contributed by atoms with Crippen molar-refractivity contribution in [2.24, 2.45) is 0 Å². The Bertz CT molecular complexity index is 723. The van der Waals surface area contributed by atoms with E-state index in [1.807, 2.05) is 0 Å². The minimum atomic E-state index is -4.85. The van der Waals surface area contributed by atoms with E-state index in [4.69, 9.17) is 0 Å². The summed E-state index contributed by atoms with van der Waals surface area (Å²) in [6, 6.07) is 2.14. The third-order valence-electron chi connectivity index (χ3n) is 3.22. The summed E-state index contributed by atoms with van der Waals surface area (Å²) in [5.41, 5.74) is -2.44. The van der Waals surface area contributed by atoms with Gasteiger partial charge in [0, 0.05) is 20.9 Å². The van der Waals surface area contributed by atoms with Gasteiger partial charge in [-0.1, -0.05) is 11.8 Å². The van der Waals surface area contributed by atoms with Crippen molar-refractivity contribution >= 4 is 11.8 Å². The molecular formula is C16H8F10S. The lowest BCUT2D eigenvalue weighted by Gasteiger charge is -2.12. The van der Waals surface area contributed by atoms with Crippen LogP contribution in [0.4, 0.5) is 43.9 Å². The van der Waals surface area contributed by atoms with Gasteiger partial charge in [0.2, 0.25) is 0 Å². The lowest BCUT2D eigenvalue weighted by molar-refractivity contribution is -0.129. The summed E-state index contributed by atoms with van der Waals surface area (Å²) in [7, 11) is 0. The first kappa shape index (κ1) is 21.4. The number of benzene rings is 2. The first-order chi connectivity index (χ1) is 12.2. The van der Waals surface area contributed by atoms with Crippen LogP contribution in [-0.2, 0) is 12.8 Å². The van der Waals surface area contributed by atoms with Crippen molar-refractivity contribution < 1.29 is 43.9 Å². The highest BCUT2D eigenvalue weighted by Gasteiger charge is 2.32. The van der Waals surface area contributed by atoms with Gasteiger partial charge in [-0.25, -0.2) is 17.6 Å². The smallest absolute Gasteiger partial charge is 0.207 e. The number of hydrogen-bond acceptors (Lipinski definition) is 1. The molecule has 0 aliphatic carbocycles. The van der Waals surface area contributed by atoms with Crippen LogP contribution in [-0.4, -0.2) is 12.4 Å². The molecule has 0 spiro atoms. The number of alkyl halides is 6. The van der Waals surface area contributed by atoms with Crippen LogP contribution in [0.15, 0.2) is 34.1 Å². The summed E-state index contributed by atoms with van der Waals surface area (Å²) in [4.78, 5) is -0.642. The van der Waals surface area contributed by atoms with Crippen LogP contribution in [0.5, 0.6) is 0 Å². The number of halogens is 10. The Morgan fingerprint density at radius 2 is 0.815 bits per heavy atom. The second-order valence-electron chi connectivity index (χ2n) is 5.42. The van der Waals surface area contributed by atoms with E-state index in [1.54, 1.807) is 0 Å². The number of rotatable bonds is 4. The van der Waals surface area contributed by atoms with Gasteiger partial charge in [0.1, 0.15) is 23.3 Å². The quantitative estimate of drug-likeness (QED) is 0.500. The minimum Gasteiger partial charge on any atom is -0.207 e. The zero-order chi connectivity index (χ0) is 20.6. The normalized spacial score (nSPS) is 12.5. The Kier molecular flexibility index (Phi) is 6.03. The van der Waals surface area contributed by atoms with E-state index in [0.29, 0.717) is 36.0 Å². The van der Waals surface area contributed by atoms with Gasteiger partial charge >= 0.3 is 12.4 Å². The van der Waals surface area contributed by atoms with E-state index in [0.717, 1.165) is 0 Å². The Balaban J connectivity index is 2.30. The molecule has 0 saturated heterocycles. The predicted molar refractivity (Wildman–Crippen MR) is 76.4 cm³/mol. The first-order valence-corrected chi connectivity index (χ1v) is 7.84. The van der Waals surface area contributed by atoms with Gasteiger partial charge in [0.15, 0.2) is 0 Å². The monoisotopic (exact) mass is 422 g/mol. The van der Waals surface area contributed by atoms with Crippen molar-refractivity contribution in [1.29, 1.82) is 0 Å². The Labute approximate surface area is 150 Å². The van der Waals surface area contributed by atoms with E-state index in [9.17, 15) is 43.9 Å². The SMILES string of the molecule is Fc1cc(Sc2cc(F)c(CC(F)(F)F)c(F)c2)cc(F)c1CC(F)(F)F. The first-order valence-electron chi connectivity index (χ1n) is 7.02. The minimum absolute atomic E-state index is 0.321. The zero-order valence-corrected chi connectivity index (χ0v) is 13.7. The molecule has 148 valence electrons. The molecule has 2 aromatic rings. The molecule has 11 heteroatoms. The van der Waals surface area contributed by atoms with Crippen molar-refractivity contribution in [3.8, 4) is 0 Å². The van der Waals surface area contributed by atoms with E-state index in [1.165, 1.54) is 0 Å². The molecule has 0 radical (unpaired) electrons. The third kappa shape index (κ3) is 6.05. The lowest BCUT2D eigenvalue weighted by Crippen LogP contribution is -2.14. The van der Waals surface area contributed by atoms with E-state index in [-0.39, 0.29) is 9.79 Å². The predicted octanol–water partition coefficient (Wildman–Crippen LogP) is 6.60. The molecular weight excluding hydrogens is 414 g/mol. The van der Waals surface area contributed by atoms with Crippen LogP contribution in [0, 0.1) is 23.3 Å². The van der Waals surface area contributed by atoms with Gasteiger partial charge in [-0.05, 0) is 24.3 Å². The van der Waals surface area contributed by atoms with Crippen LogP contribution in [0.2, 0.25) is 0 Å². The molecule has 0 amide bonds. The highest BCUT2D eigenvalue weighted by molar-refractivity contribution is 7.99. The average Bonchev–Trinajstić information content (AvgIpc) is 2.45. The Morgan fingerprint density at radius 3 is 1.04 bits per heavy atom. The molecule has 0 aromatic heterocycles. The van der Waals surface area contributed by atoms with Crippen molar-refractivity contribution in [2.75, 3.05) is 0 Å². The summed E-state index contributed by atoms with van der Waals surface area (Å²) < 4.78 is 129. The maximum Gasteiger partial charge on any atom is 0.393 e. The maximum absolute atomic E-state index is 13.7. The molecule has 27 heavy (non-hydrogen) atoms. The fourth-order valence-corrected chi connectivity index (χ4v) is 3.07. The van der Waals surface area contributed by atoms with Crippen molar-refractivity contribution in [1.82, 2.24) is 0 Å². The Morgan fingerprint density at radius 1 is 0.556 bits per heavy atom. The van der Waals surface area contributed by atoms with Crippen LogP contribution in [0.25, 0.3) is 0 Å². The zero-order valence-electron chi connectivity index (χ0n) is 12.9. The lowest BCUT2D eigenvalue weighted by atomic mass is 10.1. The van der Waals surface area contributed by atoms with Gasteiger partial charge in [-0.3, -0.25) is 0 Å². The average molecular weight is 422 g/mol. The number of hydrogen-bond donors (Lipinski definition) is 0. The van der Waals surface area contributed by atoms with Gasteiger partial charge in [-0.2, -0.15) is 26.3 Å². The van der Waals surface area contributed by atoms with Crippen molar-refractivity contribution in [3.63, 3.8) is 0 Å². The van der Waals surface area contributed by atoms with Crippen molar-refractivity contribution in [3.05, 3.63) is 58.7 Å². The fraction of sp³-hybridized carbons (Fsp3) is 0.250.